The summed E-state index contributed by atoms with van der Waals surface area (Å²) in [5.41, 5.74) is 2.49. The average molecular weight is 367 g/mol. The molecular weight excluding hydrogens is 336 g/mol. The predicted octanol–water partition coefficient (Wildman–Crippen LogP) is 4.81. The van der Waals surface area contributed by atoms with Gasteiger partial charge in [0.1, 0.15) is 0 Å². The molecule has 0 aromatic heterocycles. The monoisotopic (exact) mass is 366 g/mol. The van der Waals surface area contributed by atoms with Gasteiger partial charge in [-0.25, -0.2) is 0 Å². The molecule has 0 saturated carbocycles. The van der Waals surface area contributed by atoms with Gasteiger partial charge in [-0.1, -0.05) is 50.2 Å². The van der Waals surface area contributed by atoms with Crippen LogP contribution in [0, 0.1) is 5.92 Å². The topological polar surface area (TPSA) is 58.2 Å². The first-order valence-corrected chi connectivity index (χ1v) is 9.79. The van der Waals surface area contributed by atoms with Gasteiger partial charge in [-0.3, -0.25) is 9.59 Å². The van der Waals surface area contributed by atoms with Crippen LogP contribution in [-0.2, 0) is 11.2 Å². The van der Waals surface area contributed by atoms with Gasteiger partial charge in [-0.15, -0.1) is 0 Å². The van der Waals surface area contributed by atoms with Crippen LogP contribution >= 0.6 is 0 Å². The normalized spacial score (nSPS) is 11.9. The quantitative estimate of drug-likeness (QED) is 0.669. The van der Waals surface area contributed by atoms with E-state index in [-0.39, 0.29) is 23.8 Å². The molecule has 144 valence electrons. The van der Waals surface area contributed by atoms with Crippen molar-refractivity contribution in [1.29, 1.82) is 0 Å². The number of aryl methyl sites for hydroxylation is 1. The van der Waals surface area contributed by atoms with Crippen molar-refractivity contribution in [3.05, 3.63) is 65.7 Å². The van der Waals surface area contributed by atoms with Crippen molar-refractivity contribution in [2.24, 2.45) is 5.92 Å². The van der Waals surface area contributed by atoms with Gasteiger partial charge in [0.2, 0.25) is 5.91 Å². The third kappa shape index (κ3) is 6.55. The Bertz CT molecular complexity index is 739. The summed E-state index contributed by atoms with van der Waals surface area (Å²) < 4.78 is 0. The molecule has 0 unspecified atom stereocenters. The van der Waals surface area contributed by atoms with Gasteiger partial charge in [0, 0.05) is 23.2 Å². The molecule has 2 aromatic carbocycles. The Hall–Kier alpha value is -2.62. The van der Waals surface area contributed by atoms with Crippen molar-refractivity contribution in [3.63, 3.8) is 0 Å². The van der Waals surface area contributed by atoms with Crippen molar-refractivity contribution in [2.45, 2.75) is 52.5 Å². The summed E-state index contributed by atoms with van der Waals surface area (Å²) in [6.07, 6.45) is 3.41. The molecule has 27 heavy (non-hydrogen) atoms. The molecule has 0 spiro atoms. The largest absolute Gasteiger partial charge is 0.350 e. The van der Waals surface area contributed by atoms with Gasteiger partial charge in [0.05, 0.1) is 0 Å². The first-order chi connectivity index (χ1) is 13.0. The Labute approximate surface area is 162 Å². The second-order valence-electron chi connectivity index (χ2n) is 6.98. The fourth-order valence-corrected chi connectivity index (χ4v) is 3.05. The highest BCUT2D eigenvalue weighted by Crippen LogP contribution is 2.15. The molecule has 0 saturated heterocycles. The Morgan fingerprint density at radius 2 is 1.67 bits per heavy atom. The van der Waals surface area contributed by atoms with Crippen molar-refractivity contribution in [2.75, 3.05) is 5.32 Å². The van der Waals surface area contributed by atoms with E-state index in [2.05, 4.69) is 22.8 Å². The maximum atomic E-state index is 12.5. The number of rotatable bonds is 9. The molecule has 0 aliphatic carbocycles. The van der Waals surface area contributed by atoms with Crippen molar-refractivity contribution < 1.29 is 9.59 Å². The first kappa shape index (κ1) is 20.7. The summed E-state index contributed by atoms with van der Waals surface area (Å²) in [4.78, 5) is 24.8. The highest BCUT2D eigenvalue weighted by molar-refractivity contribution is 5.97. The van der Waals surface area contributed by atoms with E-state index in [1.54, 1.807) is 18.2 Å². The van der Waals surface area contributed by atoms with E-state index >= 15 is 0 Å². The zero-order valence-electron chi connectivity index (χ0n) is 16.5. The van der Waals surface area contributed by atoms with E-state index in [9.17, 15) is 9.59 Å². The Balaban J connectivity index is 1.91. The molecule has 2 amide bonds. The second kappa shape index (κ2) is 10.5. The van der Waals surface area contributed by atoms with Gasteiger partial charge in [-0.2, -0.15) is 0 Å². The number of anilines is 1. The highest BCUT2D eigenvalue weighted by atomic mass is 16.2. The fraction of sp³-hybridized carbons (Fsp3) is 0.391. The Kier molecular flexibility index (Phi) is 8.05. The molecule has 0 aliphatic heterocycles. The fourth-order valence-electron chi connectivity index (χ4n) is 3.05. The molecular formula is C23H30N2O2. The minimum atomic E-state index is -0.116. The molecule has 1 atom stereocenters. The number of hydrogen-bond acceptors (Lipinski definition) is 2. The minimum absolute atomic E-state index is 0.000455. The van der Waals surface area contributed by atoms with Crippen LogP contribution in [0.4, 0.5) is 5.69 Å². The highest BCUT2D eigenvalue weighted by Gasteiger charge is 2.15. The molecule has 2 aromatic rings. The van der Waals surface area contributed by atoms with Crippen LogP contribution in [0.1, 0.15) is 56.0 Å². The molecule has 2 rings (SSSR count). The number of carbonyl (C=O) groups excluding carboxylic acids is 2. The third-order valence-electron chi connectivity index (χ3n) is 4.84. The van der Waals surface area contributed by atoms with Crippen molar-refractivity contribution in [3.8, 4) is 0 Å². The van der Waals surface area contributed by atoms with E-state index in [4.69, 9.17) is 0 Å². The third-order valence-corrected chi connectivity index (χ3v) is 4.84. The molecule has 4 heteroatoms. The van der Waals surface area contributed by atoms with Crippen LogP contribution in [0.15, 0.2) is 54.6 Å². The van der Waals surface area contributed by atoms with E-state index in [0.717, 1.165) is 25.7 Å². The van der Waals surface area contributed by atoms with Crippen LogP contribution < -0.4 is 10.6 Å². The molecule has 0 aliphatic rings. The summed E-state index contributed by atoms with van der Waals surface area (Å²) in [5, 5.41) is 5.96. The molecule has 2 N–H and O–H groups in total. The number of amides is 2. The SMILES string of the molecule is CCC(CC)C(=O)Nc1cccc(C(=O)N[C@H](C)CCc2ccccc2)c1. The maximum absolute atomic E-state index is 12.5. The van der Waals surface area contributed by atoms with Crippen molar-refractivity contribution in [1.82, 2.24) is 5.32 Å². The number of benzene rings is 2. The lowest BCUT2D eigenvalue weighted by Crippen LogP contribution is -2.33. The number of hydrogen-bond donors (Lipinski definition) is 2. The summed E-state index contributed by atoms with van der Waals surface area (Å²) in [6, 6.07) is 17.4. The van der Waals surface area contributed by atoms with E-state index in [1.165, 1.54) is 5.56 Å². The van der Waals surface area contributed by atoms with E-state index < -0.39 is 0 Å². The second-order valence-corrected chi connectivity index (χ2v) is 6.98. The molecule has 4 nitrogen and oxygen atoms in total. The maximum Gasteiger partial charge on any atom is 0.251 e. The smallest absolute Gasteiger partial charge is 0.251 e. The summed E-state index contributed by atoms with van der Waals surface area (Å²) in [5.74, 6) is -0.108. The van der Waals surface area contributed by atoms with Gasteiger partial charge >= 0.3 is 0 Å². The van der Waals surface area contributed by atoms with Crippen LogP contribution in [0.2, 0.25) is 0 Å². The molecule has 0 fully saturated rings. The summed E-state index contributed by atoms with van der Waals surface area (Å²) in [7, 11) is 0. The first-order valence-electron chi connectivity index (χ1n) is 9.79. The van der Waals surface area contributed by atoms with Crippen LogP contribution in [0.25, 0.3) is 0 Å². The van der Waals surface area contributed by atoms with Gasteiger partial charge in [0.25, 0.3) is 5.91 Å². The lowest BCUT2D eigenvalue weighted by atomic mass is 10.0. The molecule has 0 bridgehead atoms. The standard InChI is InChI=1S/C23H30N2O2/c1-4-19(5-2)22(26)25-21-13-9-12-20(16-21)23(27)24-17(3)14-15-18-10-7-6-8-11-18/h6-13,16-17,19H,4-5,14-15H2,1-3H3,(H,24,27)(H,25,26)/t17-/m1/s1. The van der Waals surface area contributed by atoms with Gasteiger partial charge in [0.15, 0.2) is 0 Å². The van der Waals surface area contributed by atoms with Crippen LogP contribution in [-0.4, -0.2) is 17.9 Å². The predicted molar refractivity (Wildman–Crippen MR) is 111 cm³/mol. The van der Waals surface area contributed by atoms with E-state index in [0.29, 0.717) is 11.3 Å². The summed E-state index contributed by atoms with van der Waals surface area (Å²) >= 11 is 0. The van der Waals surface area contributed by atoms with Gasteiger partial charge in [-0.05, 0) is 56.4 Å². The van der Waals surface area contributed by atoms with E-state index in [1.807, 2.05) is 45.0 Å². The van der Waals surface area contributed by atoms with Gasteiger partial charge < -0.3 is 10.6 Å². The zero-order chi connectivity index (χ0) is 19.6. The number of carbonyl (C=O) groups is 2. The zero-order valence-corrected chi connectivity index (χ0v) is 16.5. The minimum Gasteiger partial charge on any atom is -0.350 e. The Morgan fingerprint density at radius 1 is 0.963 bits per heavy atom. The molecule has 0 heterocycles. The number of nitrogens with one attached hydrogen (secondary N) is 2. The van der Waals surface area contributed by atoms with Crippen LogP contribution in [0.3, 0.4) is 0 Å². The lowest BCUT2D eigenvalue weighted by molar-refractivity contribution is -0.120. The van der Waals surface area contributed by atoms with Crippen LogP contribution in [0.5, 0.6) is 0 Å². The van der Waals surface area contributed by atoms with Crippen molar-refractivity contribution >= 4 is 17.5 Å². The average Bonchev–Trinajstić information content (AvgIpc) is 2.68. The molecule has 0 radical (unpaired) electrons. The summed E-state index contributed by atoms with van der Waals surface area (Å²) in [6.45, 7) is 6.03. The lowest BCUT2D eigenvalue weighted by Gasteiger charge is -2.15. The Morgan fingerprint density at radius 3 is 2.33 bits per heavy atom.